The Morgan fingerprint density at radius 3 is 2.25 bits per heavy atom. The van der Waals surface area contributed by atoms with Crippen molar-refractivity contribution >= 4 is 29.4 Å². The second kappa shape index (κ2) is 6.41. The molecule has 0 aromatic heterocycles. The van der Waals surface area contributed by atoms with E-state index in [2.05, 4.69) is 12.2 Å². The van der Waals surface area contributed by atoms with Gasteiger partial charge in [-0.2, -0.15) is 0 Å². The van der Waals surface area contributed by atoms with E-state index in [0.717, 1.165) is 12.0 Å². The number of carbonyl (C=O) groups is 3. The van der Waals surface area contributed by atoms with Gasteiger partial charge < -0.3 is 0 Å². The average Bonchev–Trinajstić information content (AvgIpc) is 3.41. The molecule has 0 radical (unpaired) electrons. The SMILES string of the molecule is O=C(/C=C\c1cccc(N2C(=O)[C@@H]3[C@H](C2=O)[C@@H]2C=C[C@H]3C2)c1)c1ccccc1. The van der Waals surface area contributed by atoms with Gasteiger partial charge in [0.1, 0.15) is 0 Å². The molecule has 0 N–H and O–H groups in total. The number of fused-ring (bicyclic) bond motifs is 5. The van der Waals surface area contributed by atoms with E-state index in [9.17, 15) is 14.4 Å². The Morgan fingerprint density at radius 2 is 1.57 bits per heavy atom. The molecule has 4 nitrogen and oxygen atoms in total. The van der Waals surface area contributed by atoms with Crippen LogP contribution < -0.4 is 4.90 Å². The minimum Gasteiger partial charge on any atom is -0.289 e. The summed E-state index contributed by atoms with van der Waals surface area (Å²) in [5.41, 5.74) is 1.98. The molecular weight excluding hydrogens is 350 g/mol. The van der Waals surface area contributed by atoms with Gasteiger partial charge in [0.25, 0.3) is 0 Å². The van der Waals surface area contributed by atoms with E-state index in [1.54, 1.807) is 30.3 Å². The number of amides is 2. The average molecular weight is 369 g/mol. The van der Waals surface area contributed by atoms with Gasteiger partial charge >= 0.3 is 0 Å². The molecule has 2 aromatic carbocycles. The van der Waals surface area contributed by atoms with Crippen LogP contribution in [0.25, 0.3) is 6.08 Å². The zero-order valence-electron chi connectivity index (χ0n) is 15.2. The molecule has 1 saturated heterocycles. The summed E-state index contributed by atoms with van der Waals surface area (Å²) in [4.78, 5) is 39.5. The van der Waals surface area contributed by atoms with Gasteiger partial charge in [0, 0.05) is 5.56 Å². The highest BCUT2D eigenvalue weighted by molar-refractivity contribution is 6.23. The fraction of sp³-hybridized carbons (Fsp3) is 0.208. The first kappa shape index (κ1) is 16.9. The topological polar surface area (TPSA) is 54.5 Å². The van der Waals surface area contributed by atoms with Crippen molar-refractivity contribution in [2.75, 3.05) is 4.90 Å². The largest absolute Gasteiger partial charge is 0.289 e. The van der Waals surface area contributed by atoms with E-state index in [0.29, 0.717) is 11.3 Å². The van der Waals surface area contributed by atoms with Crippen molar-refractivity contribution in [2.45, 2.75) is 6.42 Å². The second-order valence-electron chi connectivity index (χ2n) is 7.67. The van der Waals surface area contributed by atoms with E-state index >= 15 is 0 Å². The minimum absolute atomic E-state index is 0.0866. The van der Waals surface area contributed by atoms with Crippen molar-refractivity contribution in [3.05, 3.63) is 84.0 Å². The Balaban J connectivity index is 1.39. The van der Waals surface area contributed by atoms with Gasteiger partial charge in [0.2, 0.25) is 11.8 Å². The van der Waals surface area contributed by atoms with Gasteiger partial charge in [-0.15, -0.1) is 0 Å². The first-order chi connectivity index (χ1) is 13.6. The van der Waals surface area contributed by atoms with Crippen molar-refractivity contribution in [3.63, 3.8) is 0 Å². The lowest BCUT2D eigenvalue weighted by Crippen LogP contribution is -2.32. The van der Waals surface area contributed by atoms with Crippen molar-refractivity contribution in [2.24, 2.45) is 23.7 Å². The van der Waals surface area contributed by atoms with Crippen LogP contribution in [0.4, 0.5) is 5.69 Å². The number of allylic oxidation sites excluding steroid dienone is 3. The summed E-state index contributed by atoms with van der Waals surface area (Å²) in [5.74, 6) is -0.285. The number of anilines is 1. The molecule has 1 saturated carbocycles. The highest BCUT2D eigenvalue weighted by atomic mass is 16.2. The number of nitrogens with zero attached hydrogens (tertiary/aromatic N) is 1. The molecule has 1 heterocycles. The first-order valence-corrected chi connectivity index (χ1v) is 9.57. The molecule has 4 heteroatoms. The molecule has 5 rings (SSSR count). The molecule has 3 aliphatic rings. The molecule has 0 unspecified atom stereocenters. The van der Waals surface area contributed by atoms with Crippen LogP contribution in [-0.4, -0.2) is 17.6 Å². The fourth-order valence-corrected chi connectivity index (χ4v) is 4.79. The van der Waals surface area contributed by atoms with Crippen LogP contribution in [0.2, 0.25) is 0 Å². The summed E-state index contributed by atoms with van der Waals surface area (Å²) < 4.78 is 0. The van der Waals surface area contributed by atoms with Crippen LogP contribution in [0, 0.1) is 23.7 Å². The summed E-state index contributed by atoms with van der Waals surface area (Å²) in [7, 11) is 0. The van der Waals surface area contributed by atoms with Crippen molar-refractivity contribution in [1.82, 2.24) is 0 Å². The number of hydrogen-bond acceptors (Lipinski definition) is 3. The van der Waals surface area contributed by atoms with E-state index in [1.807, 2.05) is 30.3 Å². The quantitative estimate of drug-likeness (QED) is 0.356. The van der Waals surface area contributed by atoms with Crippen LogP contribution in [-0.2, 0) is 9.59 Å². The van der Waals surface area contributed by atoms with Gasteiger partial charge in [-0.3, -0.25) is 14.4 Å². The molecule has 2 bridgehead atoms. The lowest BCUT2D eigenvalue weighted by atomic mass is 9.85. The number of hydrogen-bond donors (Lipinski definition) is 0. The van der Waals surface area contributed by atoms with E-state index in [4.69, 9.17) is 0 Å². The lowest BCUT2D eigenvalue weighted by Gasteiger charge is -2.17. The maximum atomic E-state index is 12.9. The first-order valence-electron chi connectivity index (χ1n) is 9.57. The number of rotatable bonds is 4. The number of ketones is 1. The molecule has 0 spiro atoms. The molecule has 2 fully saturated rings. The van der Waals surface area contributed by atoms with Crippen molar-refractivity contribution < 1.29 is 14.4 Å². The zero-order chi connectivity index (χ0) is 19.3. The minimum atomic E-state index is -0.207. The van der Waals surface area contributed by atoms with Crippen LogP contribution in [0.1, 0.15) is 22.3 Å². The molecule has 28 heavy (non-hydrogen) atoms. The van der Waals surface area contributed by atoms with Crippen LogP contribution in [0.3, 0.4) is 0 Å². The predicted octanol–water partition coefficient (Wildman–Crippen LogP) is 3.89. The zero-order valence-corrected chi connectivity index (χ0v) is 15.2. The number of carbonyl (C=O) groups excluding carboxylic acids is 3. The molecule has 1 aliphatic heterocycles. The number of benzene rings is 2. The molecule has 2 aliphatic carbocycles. The maximum Gasteiger partial charge on any atom is 0.238 e. The van der Waals surface area contributed by atoms with Gasteiger partial charge in [0.15, 0.2) is 5.78 Å². The third kappa shape index (κ3) is 2.56. The maximum absolute atomic E-state index is 12.9. The van der Waals surface area contributed by atoms with Crippen molar-refractivity contribution in [1.29, 1.82) is 0 Å². The van der Waals surface area contributed by atoms with E-state index in [-0.39, 0.29) is 41.3 Å². The highest BCUT2D eigenvalue weighted by Crippen LogP contribution is 2.53. The summed E-state index contributed by atoms with van der Waals surface area (Å²) in [6.45, 7) is 0. The normalized spacial score (nSPS) is 27.8. The van der Waals surface area contributed by atoms with Gasteiger partial charge in [-0.05, 0) is 42.0 Å². The number of imide groups is 1. The highest BCUT2D eigenvalue weighted by Gasteiger charge is 2.59. The molecule has 138 valence electrons. The van der Waals surface area contributed by atoms with Gasteiger partial charge in [-0.1, -0.05) is 60.7 Å². The summed E-state index contributed by atoms with van der Waals surface area (Å²) >= 11 is 0. The summed E-state index contributed by atoms with van der Waals surface area (Å²) in [5, 5.41) is 0. The lowest BCUT2D eigenvalue weighted by molar-refractivity contribution is -0.123. The van der Waals surface area contributed by atoms with Crippen LogP contribution in [0.5, 0.6) is 0 Å². The van der Waals surface area contributed by atoms with Crippen molar-refractivity contribution in [3.8, 4) is 0 Å². The van der Waals surface area contributed by atoms with Crippen LogP contribution >= 0.6 is 0 Å². The van der Waals surface area contributed by atoms with E-state index < -0.39 is 0 Å². The standard InChI is InChI=1S/C24H19NO3/c26-20(16-6-2-1-3-7-16)12-9-15-5-4-8-19(13-15)25-23(27)21-17-10-11-18(14-17)22(21)24(25)28/h1-13,17-18,21-22H,14H2/b12-9-/t17-,18+,21-,22+. The monoisotopic (exact) mass is 369 g/mol. The van der Waals surface area contributed by atoms with E-state index in [1.165, 1.54) is 11.0 Å². The summed E-state index contributed by atoms with van der Waals surface area (Å²) in [6, 6.07) is 16.3. The Bertz CT molecular complexity index is 1010. The van der Waals surface area contributed by atoms with Gasteiger partial charge in [-0.25, -0.2) is 4.90 Å². The van der Waals surface area contributed by atoms with Gasteiger partial charge in [0.05, 0.1) is 17.5 Å². The van der Waals surface area contributed by atoms with Crippen LogP contribution in [0.15, 0.2) is 72.8 Å². The smallest absolute Gasteiger partial charge is 0.238 e. The summed E-state index contributed by atoms with van der Waals surface area (Å²) in [6.07, 6.45) is 8.34. The molecule has 4 atom stereocenters. The second-order valence-corrected chi connectivity index (χ2v) is 7.67. The third-order valence-electron chi connectivity index (χ3n) is 6.08. The Morgan fingerprint density at radius 1 is 0.893 bits per heavy atom. The molecule has 2 aromatic rings. The Hall–Kier alpha value is -3.27. The predicted molar refractivity (Wildman–Crippen MR) is 106 cm³/mol. The third-order valence-corrected chi connectivity index (χ3v) is 6.08. The Labute approximate surface area is 163 Å². The Kier molecular flexibility index (Phi) is 3.86. The fourth-order valence-electron chi connectivity index (χ4n) is 4.79. The molecular formula is C24H19NO3. The molecule has 2 amide bonds.